The Bertz CT molecular complexity index is 576. The lowest BCUT2D eigenvalue weighted by molar-refractivity contribution is -0.385. The summed E-state index contributed by atoms with van der Waals surface area (Å²) in [4.78, 5) is 34.1. The molecule has 0 saturated heterocycles. The molecule has 0 saturated carbocycles. The van der Waals surface area contributed by atoms with Crippen LogP contribution < -0.4 is 5.32 Å². The van der Waals surface area contributed by atoms with Crippen molar-refractivity contribution in [3.05, 3.63) is 39.4 Å². The van der Waals surface area contributed by atoms with Crippen LogP contribution in [0.15, 0.2) is 18.2 Å². The molecule has 1 aromatic rings. The first-order valence-corrected chi connectivity index (χ1v) is 7.92. The maximum atomic E-state index is 12.2. The number of aryl methyl sites for hydroxylation is 1. The summed E-state index contributed by atoms with van der Waals surface area (Å²) in [5.74, 6) is -0.283. The molecular weight excluding hydrogens is 308 g/mol. The largest absolute Gasteiger partial charge is 0.467 e. The number of thioether (sulfide) groups is 1. The molecular formula is C14H18N2O5S. The van der Waals surface area contributed by atoms with Crippen molar-refractivity contribution in [2.24, 2.45) is 0 Å². The fourth-order valence-electron chi connectivity index (χ4n) is 1.87. The Hall–Kier alpha value is -2.09. The molecule has 1 atom stereocenters. The first-order chi connectivity index (χ1) is 10.4. The molecule has 0 aliphatic rings. The second kappa shape index (κ2) is 8.38. The molecule has 0 aromatic heterocycles. The van der Waals surface area contributed by atoms with Crippen molar-refractivity contribution in [1.29, 1.82) is 0 Å². The van der Waals surface area contributed by atoms with E-state index in [-0.39, 0.29) is 11.3 Å². The number of benzene rings is 1. The van der Waals surface area contributed by atoms with Crippen LogP contribution in [0.1, 0.15) is 22.3 Å². The summed E-state index contributed by atoms with van der Waals surface area (Å²) in [6.45, 7) is 1.56. The Morgan fingerprint density at radius 3 is 2.64 bits per heavy atom. The van der Waals surface area contributed by atoms with Crippen molar-refractivity contribution in [3.8, 4) is 0 Å². The van der Waals surface area contributed by atoms with Gasteiger partial charge in [-0.2, -0.15) is 11.8 Å². The third kappa shape index (κ3) is 4.73. The Kier molecular flexibility index (Phi) is 6.84. The number of hydrogen-bond acceptors (Lipinski definition) is 6. The van der Waals surface area contributed by atoms with Gasteiger partial charge in [0.05, 0.1) is 12.0 Å². The van der Waals surface area contributed by atoms with Gasteiger partial charge >= 0.3 is 5.97 Å². The van der Waals surface area contributed by atoms with E-state index in [0.29, 0.717) is 17.7 Å². The van der Waals surface area contributed by atoms with E-state index in [9.17, 15) is 19.7 Å². The minimum atomic E-state index is -0.736. The fourth-order valence-corrected chi connectivity index (χ4v) is 2.34. The van der Waals surface area contributed by atoms with Crippen LogP contribution >= 0.6 is 11.8 Å². The van der Waals surface area contributed by atoms with Crippen molar-refractivity contribution >= 4 is 29.3 Å². The van der Waals surface area contributed by atoms with E-state index in [1.165, 1.54) is 25.3 Å². The molecule has 0 bridgehead atoms. The molecule has 1 rings (SSSR count). The number of nitrogens with zero attached hydrogens (tertiary/aromatic N) is 1. The van der Waals surface area contributed by atoms with Crippen LogP contribution in [0.2, 0.25) is 0 Å². The van der Waals surface area contributed by atoms with E-state index in [2.05, 4.69) is 10.1 Å². The summed E-state index contributed by atoms with van der Waals surface area (Å²) in [5.41, 5.74) is 0.598. The highest BCUT2D eigenvalue weighted by Gasteiger charge is 2.22. The standard InChI is InChI=1S/C14H18N2O5S/c1-9-8-10(4-5-12(9)16(19)20)13(17)15-11(6-7-22-3)14(18)21-2/h4-5,8,11H,6-7H2,1-3H3,(H,15,17)/t11-/m1/s1. The van der Waals surface area contributed by atoms with Gasteiger partial charge in [0, 0.05) is 17.2 Å². The maximum Gasteiger partial charge on any atom is 0.328 e. The highest BCUT2D eigenvalue weighted by atomic mass is 32.2. The number of nitro groups is 1. The van der Waals surface area contributed by atoms with E-state index in [4.69, 9.17) is 0 Å². The lowest BCUT2D eigenvalue weighted by Crippen LogP contribution is -2.42. The molecule has 1 amide bonds. The van der Waals surface area contributed by atoms with Gasteiger partial charge in [0.1, 0.15) is 6.04 Å². The minimum Gasteiger partial charge on any atom is -0.467 e. The van der Waals surface area contributed by atoms with Crippen LogP contribution in [0.3, 0.4) is 0 Å². The Morgan fingerprint density at radius 1 is 1.45 bits per heavy atom. The summed E-state index contributed by atoms with van der Waals surface area (Å²) in [7, 11) is 1.26. The molecule has 0 aliphatic carbocycles. The second-order valence-corrected chi connectivity index (χ2v) is 5.57. The van der Waals surface area contributed by atoms with Crippen molar-refractivity contribution in [2.45, 2.75) is 19.4 Å². The van der Waals surface area contributed by atoms with Gasteiger partial charge in [-0.05, 0) is 37.5 Å². The third-order valence-electron chi connectivity index (χ3n) is 3.06. The van der Waals surface area contributed by atoms with E-state index >= 15 is 0 Å². The molecule has 0 spiro atoms. The number of amides is 1. The summed E-state index contributed by atoms with van der Waals surface area (Å²) >= 11 is 1.55. The molecule has 7 nitrogen and oxygen atoms in total. The van der Waals surface area contributed by atoms with Gasteiger partial charge in [0.25, 0.3) is 11.6 Å². The van der Waals surface area contributed by atoms with Crippen LogP contribution in [-0.2, 0) is 9.53 Å². The van der Waals surface area contributed by atoms with Gasteiger partial charge in [-0.25, -0.2) is 4.79 Å². The molecule has 0 radical (unpaired) electrons. The summed E-state index contributed by atoms with van der Waals surface area (Å²) in [6.07, 6.45) is 2.35. The van der Waals surface area contributed by atoms with Gasteiger partial charge in [-0.1, -0.05) is 0 Å². The zero-order chi connectivity index (χ0) is 16.7. The number of hydrogen-bond donors (Lipinski definition) is 1. The first-order valence-electron chi connectivity index (χ1n) is 6.53. The topological polar surface area (TPSA) is 98.5 Å². The van der Waals surface area contributed by atoms with Crippen molar-refractivity contribution in [2.75, 3.05) is 19.1 Å². The molecule has 8 heteroatoms. The second-order valence-electron chi connectivity index (χ2n) is 4.59. The predicted molar refractivity (Wildman–Crippen MR) is 84.1 cm³/mol. The fraction of sp³-hybridized carbons (Fsp3) is 0.429. The first kappa shape index (κ1) is 18.0. The highest BCUT2D eigenvalue weighted by molar-refractivity contribution is 7.98. The van der Waals surface area contributed by atoms with Crippen LogP contribution in [0, 0.1) is 17.0 Å². The van der Waals surface area contributed by atoms with E-state index in [0.717, 1.165) is 0 Å². The molecule has 22 heavy (non-hydrogen) atoms. The smallest absolute Gasteiger partial charge is 0.328 e. The number of carbonyl (C=O) groups is 2. The number of methoxy groups -OCH3 is 1. The number of nitro benzene ring substituents is 1. The SMILES string of the molecule is COC(=O)[C@@H](CCSC)NC(=O)c1ccc([N+](=O)[O-])c(C)c1. The number of rotatable bonds is 7. The number of nitrogens with one attached hydrogen (secondary N) is 1. The predicted octanol–water partition coefficient (Wildman–Crippen LogP) is 1.93. The van der Waals surface area contributed by atoms with Gasteiger partial charge in [0.2, 0.25) is 0 Å². The molecule has 0 unspecified atom stereocenters. The summed E-state index contributed by atoms with van der Waals surface area (Å²) in [6, 6.07) is 3.33. The van der Waals surface area contributed by atoms with Crippen LogP contribution in [-0.4, -0.2) is 42.0 Å². The van der Waals surface area contributed by atoms with Crippen molar-refractivity contribution < 1.29 is 19.2 Å². The van der Waals surface area contributed by atoms with Crippen molar-refractivity contribution in [1.82, 2.24) is 5.32 Å². The van der Waals surface area contributed by atoms with Crippen LogP contribution in [0.5, 0.6) is 0 Å². The minimum absolute atomic E-state index is 0.0524. The lowest BCUT2D eigenvalue weighted by atomic mass is 10.1. The van der Waals surface area contributed by atoms with E-state index < -0.39 is 22.8 Å². The van der Waals surface area contributed by atoms with Crippen LogP contribution in [0.4, 0.5) is 5.69 Å². The normalized spacial score (nSPS) is 11.6. The number of ether oxygens (including phenoxy) is 1. The third-order valence-corrected chi connectivity index (χ3v) is 3.70. The Labute approximate surface area is 132 Å². The van der Waals surface area contributed by atoms with Crippen LogP contribution in [0.25, 0.3) is 0 Å². The average Bonchev–Trinajstić information content (AvgIpc) is 2.49. The Balaban J connectivity index is 2.87. The van der Waals surface area contributed by atoms with Gasteiger partial charge in [-0.15, -0.1) is 0 Å². The highest BCUT2D eigenvalue weighted by Crippen LogP contribution is 2.19. The summed E-state index contributed by atoms with van der Waals surface area (Å²) < 4.78 is 4.67. The zero-order valence-corrected chi connectivity index (χ0v) is 13.4. The molecule has 0 fully saturated rings. The van der Waals surface area contributed by atoms with Gasteiger partial charge in [0.15, 0.2) is 0 Å². The van der Waals surface area contributed by atoms with E-state index in [1.54, 1.807) is 18.7 Å². The van der Waals surface area contributed by atoms with Crippen molar-refractivity contribution in [3.63, 3.8) is 0 Å². The number of esters is 1. The van der Waals surface area contributed by atoms with E-state index in [1.807, 2.05) is 6.26 Å². The van der Waals surface area contributed by atoms with Gasteiger partial charge in [-0.3, -0.25) is 14.9 Å². The average molecular weight is 326 g/mol. The maximum absolute atomic E-state index is 12.2. The molecule has 1 aromatic carbocycles. The monoisotopic (exact) mass is 326 g/mol. The lowest BCUT2D eigenvalue weighted by Gasteiger charge is -2.16. The zero-order valence-electron chi connectivity index (χ0n) is 12.6. The van der Waals surface area contributed by atoms with Gasteiger partial charge < -0.3 is 10.1 Å². The summed E-state index contributed by atoms with van der Waals surface area (Å²) in [5, 5.41) is 13.4. The molecule has 1 N–H and O–H groups in total. The molecule has 0 heterocycles. The molecule has 120 valence electrons. The Morgan fingerprint density at radius 2 is 2.14 bits per heavy atom. The quantitative estimate of drug-likeness (QED) is 0.467. The molecule has 0 aliphatic heterocycles. The number of carbonyl (C=O) groups excluding carboxylic acids is 2.